The third kappa shape index (κ3) is 7.73. The van der Waals surface area contributed by atoms with E-state index in [1.165, 1.54) is 6.07 Å². The molecule has 0 aromatic heterocycles. The predicted octanol–water partition coefficient (Wildman–Crippen LogP) is 2.33. The summed E-state index contributed by atoms with van der Waals surface area (Å²) in [5.41, 5.74) is 0.610. The number of para-hydroxylation sites is 1. The Kier molecular flexibility index (Phi) is 7.67. The van der Waals surface area contributed by atoms with E-state index in [-0.39, 0.29) is 18.3 Å². The van der Waals surface area contributed by atoms with Crippen molar-refractivity contribution >= 4 is 5.96 Å². The maximum atomic E-state index is 12.3. The molecule has 2 N–H and O–H groups in total. The highest BCUT2D eigenvalue weighted by Gasteiger charge is 2.28. The van der Waals surface area contributed by atoms with Crippen LogP contribution in [0.1, 0.15) is 12.5 Å². The summed E-state index contributed by atoms with van der Waals surface area (Å²) in [7, 11) is 3.21. The number of nitrogens with zero attached hydrogens (tertiary/aromatic N) is 1. The Bertz CT molecular complexity index is 507. The zero-order valence-corrected chi connectivity index (χ0v) is 13.4. The SMILES string of the molecule is CN=C(NCc1ccccc1OCC(F)(F)F)NC(C)COC. The first-order valence-corrected chi connectivity index (χ1v) is 7.09. The number of hydrogen-bond acceptors (Lipinski definition) is 3. The first-order chi connectivity index (χ1) is 10.9. The number of hydrogen-bond donors (Lipinski definition) is 2. The Morgan fingerprint density at radius 1 is 1.30 bits per heavy atom. The van der Waals surface area contributed by atoms with E-state index in [1.807, 2.05) is 6.92 Å². The molecule has 1 aromatic rings. The Labute approximate surface area is 133 Å². The quantitative estimate of drug-likeness (QED) is 0.594. The molecule has 0 saturated carbocycles. The largest absolute Gasteiger partial charge is 0.484 e. The van der Waals surface area contributed by atoms with E-state index >= 15 is 0 Å². The molecule has 5 nitrogen and oxygen atoms in total. The lowest BCUT2D eigenvalue weighted by molar-refractivity contribution is -0.153. The Morgan fingerprint density at radius 3 is 2.61 bits per heavy atom. The van der Waals surface area contributed by atoms with E-state index < -0.39 is 12.8 Å². The number of aliphatic imine (C=N–C) groups is 1. The average Bonchev–Trinajstić information content (AvgIpc) is 2.49. The molecule has 0 radical (unpaired) electrons. The molecule has 0 amide bonds. The van der Waals surface area contributed by atoms with E-state index in [0.29, 0.717) is 18.1 Å². The van der Waals surface area contributed by atoms with Crippen LogP contribution in [0.3, 0.4) is 0 Å². The normalized spacial score (nSPS) is 13.6. The van der Waals surface area contributed by atoms with E-state index in [4.69, 9.17) is 9.47 Å². The molecule has 0 bridgehead atoms. The first-order valence-electron chi connectivity index (χ1n) is 7.09. The molecule has 1 aromatic carbocycles. The Balaban J connectivity index is 2.62. The van der Waals surface area contributed by atoms with Crippen molar-refractivity contribution in [3.63, 3.8) is 0 Å². The van der Waals surface area contributed by atoms with Gasteiger partial charge in [0.1, 0.15) is 5.75 Å². The summed E-state index contributed by atoms with van der Waals surface area (Å²) in [6.45, 7) is 1.40. The number of ether oxygens (including phenoxy) is 2. The van der Waals surface area contributed by atoms with Crippen LogP contribution in [-0.2, 0) is 11.3 Å². The van der Waals surface area contributed by atoms with E-state index in [9.17, 15) is 13.2 Å². The molecule has 130 valence electrons. The first kappa shape index (κ1) is 19.1. The summed E-state index contributed by atoms with van der Waals surface area (Å²) < 4.78 is 46.7. The maximum absolute atomic E-state index is 12.3. The summed E-state index contributed by atoms with van der Waals surface area (Å²) in [6, 6.07) is 6.62. The number of guanidine groups is 1. The van der Waals surface area contributed by atoms with Crippen LogP contribution < -0.4 is 15.4 Å². The third-order valence-corrected chi connectivity index (χ3v) is 2.83. The van der Waals surface area contributed by atoms with E-state index in [0.717, 1.165) is 0 Å². The van der Waals surface area contributed by atoms with Gasteiger partial charge in [-0.3, -0.25) is 4.99 Å². The topological polar surface area (TPSA) is 54.9 Å². The summed E-state index contributed by atoms with van der Waals surface area (Å²) in [5, 5.41) is 6.14. The van der Waals surface area contributed by atoms with Gasteiger partial charge in [-0.15, -0.1) is 0 Å². The fourth-order valence-electron chi connectivity index (χ4n) is 1.85. The molecule has 23 heavy (non-hydrogen) atoms. The molecule has 1 rings (SSSR count). The van der Waals surface area contributed by atoms with Gasteiger partial charge in [-0.2, -0.15) is 13.2 Å². The molecule has 0 aliphatic rings. The van der Waals surface area contributed by atoms with Crippen molar-refractivity contribution in [1.82, 2.24) is 10.6 Å². The van der Waals surface area contributed by atoms with Crippen molar-refractivity contribution in [2.45, 2.75) is 25.7 Å². The van der Waals surface area contributed by atoms with Gasteiger partial charge in [0.2, 0.25) is 0 Å². The fourth-order valence-corrected chi connectivity index (χ4v) is 1.85. The lowest BCUT2D eigenvalue weighted by atomic mass is 10.2. The number of rotatable bonds is 7. The molecule has 0 heterocycles. The minimum absolute atomic E-state index is 0.0444. The van der Waals surface area contributed by atoms with Crippen molar-refractivity contribution in [2.24, 2.45) is 4.99 Å². The fraction of sp³-hybridized carbons (Fsp3) is 0.533. The molecule has 0 fully saturated rings. The summed E-state index contributed by atoms with van der Waals surface area (Å²) in [6.07, 6.45) is -4.37. The van der Waals surface area contributed by atoms with Gasteiger partial charge in [-0.1, -0.05) is 18.2 Å². The second kappa shape index (κ2) is 9.24. The zero-order chi connectivity index (χ0) is 17.3. The van der Waals surface area contributed by atoms with Gasteiger partial charge in [0.15, 0.2) is 12.6 Å². The monoisotopic (exact) mass is 333 g/mol. The smallest absolute Gasteiger partial charge is 0.422 e. The average molecular weight is 333 g/mol. The molecule has 0 saturated heterocycles. The number of alkyl halides is 3. The zero-order valence-electron chi connectivity index (χ0n) is 13.4. The predicted molar refractivity (Wildman–Crippen MR) is 82.7 cm³/mol. The molecule has 1 atom stereocenters. The van der Waals surface area contributed by atoms with Gasteiger partial charge in [0.05, 0.1) is 6.61 Å². The van der Waals surface area contributed by atoms with Crippen molar-refractivity contribution in [3.8, 4) is 5.75 Å². The number of benzene rings is 1. The van der Waals surface area contributed by atoms with Crippen LogP contribution in [0.5, 0.6) is 5.75 Å². The molecule has 1 unspecified atom stereocenters. The Morgan fingerprint density at radius 2 is 2.00 bits per heavy atom. The van der Waals surface area contributed by atoms with Crippen LogP contribution in [0.4, 0.5) is 13.2 Å². The summed E-state index contributed by atoms with van der Waals surface area (Å²) in [5.74, 6) is 0.720. The minimum atomic E-state index is -4.37. The van der Waals surface area contributed by atoms with E-state index in [2.05, 4.69) is 15.6 Å². The molecule has 0 aliphatic heterocycles. The number of halogens is 3. The molecule has 8 heteroatoms. The lowest BCUT2D eigenvalue weighted by Gasteiger charge is -2.18. The number of nitrogens with one attached hydrogen (secondary N) is 2. The van der Waals surface area contributed by atoms with Crippen LogP contribution in [0.25, 0.3) is 0 Å². The van der Waals surface area contributed by atoms with Gasteiger partial charge in [0, 0.05) is 32.3 Å². The standard InChI is InChI=1S/C15H22F3N3O2/c1-11(9-22-3)21-14(19-2)20-8-12-6-4-5-7-13(12)23-10-15(16,17)18/h4-7,11H,8-10H2,1-3H3,(H2,19,20,21). The van der Waals surface area contributed by atoms with Crippen molar-refractivity contribution < 1.29 is 22.6 Å². The van der Waals surface area contributed by atoms with Gasteiger partial charge in [-0.05, 0) is 13.0 Å². The van der Waals surface area contributed by atoms with E-state index in [1.54, 1.807) is 32.4 Å². The van der Waals surface area contributed by atoms with Gasteiger partial charge in [-0.25, -0.2) is 0 Å². The highest BCUT2D eigenvalue weighted by Crippen LogP contribution is 2.21. The van der Waals surface area contributed by atoms with Crippen molar-refractivity contribution in [3.05, 3.63) is 29.8 Å². The van der Waals surface area contributed by atoms with Crippen LogP contribution in [0.15, 0.2) is 29.3 Å². The molecule has 0 spiro atoms. The van der Waals surface area contributed by atoms with Crippen LogP contribution in [0, 0.1) is 0 Å². The lowest BCUT2D eigenvalue weighted by Crippen LogP contribution is -2.43. The molecular weight excluding hydrogens is 311 g/mol. The molecular formula is C15H22F3N3O2. The Hall–Kier alpha value is -1.96. The summed E-state index contributed by atoms with van der Waals surface area (Å²) >= 11 is 0. The van der Waals surface area contributed by atoms with Crippen molar-refractivity contribution in [2.75, 3.05) is 27.4 Å². The van der Waals surface area contributed by atoms with Crippen LogP contribution in [-0.4, -0.2) is 45.5 Å². The van der Waals surface area contributed by atoms with Crippen LogP contribution in [0.2, 0.25) is 0 Å². The summed E-state index contributed by atoms with van der Waals surface area (Å²) in [4.78, 5) is 4.06. The van der Waals surface area contributed by atoms with Crippen LogP contribution >= 0.6 is 0 Å². The molecule has 0 aliphatic carbocycles. The highest BCUT2D eigenvalue weighted by atomic mass is 19.4. The van der Waals surface area contributed by atoms with Crippen molar-refractivity contribution in [1.29, 1.82) is 0 Å². The maximum Gasteiger partial charge on any atom is 0.422 e. The second-order valence-electron chi connectivity index (χ2n) is 4.94. The third-order valence-electron chi connectivity index (χ3n) is 2.83. The number of methoxy groups -OCH3 is 1. The highest BCUT2D eigenvalue weighted by molar-refractivity contribution is 5.80. The second-order valence-corrected chi connectivity index (χ2v) is 4.94. The minimum Gasteiger partial charge on any atom is -0.484 e. The van der Waals surface area contributed by atoms with Gasteiger partial charge in [0.25, 0.3) is 0 Å². The van der Waals surface area contributed by atoms with Gasteiger partial charge < -0.3 is 20.1 Å². The van der Waals surface area contributed by atoms with Gasteiger partial charge >= 0.3 is 6.18 Å².